The fourth-order valence-corrected chi connectivity index (χ4v) is 2.33. The van der Waals surface area contributed by atoms with Crippen LogP contribution < -0.4 is 5.32 Å². The highest BCUT2D eigenvalue weighted by atomic mass is 79.9. The van der Waals surface area contributed by atoms with Crippen LogP contribution in [0.2, 0.25) is 0 Å². The van der Waals surface area contributed by atoms with Crippen LogP contribution in [0.15, 0.2) is 40.9 Å². The van der Waals surface area contributed by atoms with Crippen LogP contribution in [0.4, 0.5) is 14.7 Å². The number of hydrogen-bond donors (Lipinski definition) is 2. The van der Waals surface area contributed by atoms with Crippen molar-refractivity contribution in [1.82, 2.24) is 9.97 Å². The molecule has 20 heavy (non-hydrogen) atoms. The van der Waals surface area contributed by atoms with E-state index in [0.717, 1.165) is 4.47 Å². The summed E-state index contributed by atoms with van der Waals surface area (Å²) in [6, 6.07) is 9.04. The van der Waals surface area contributed by atoms with Crippen molar-refractivity contribution in [3.05, 3.63) is 58.1 Å². The summed E-state index contributed by atoms with van der Waals surface area (Å²) in [5.74, 6) is -0.140. The first-order chi connectivity index (χ1) is 9.61. The molecule has 0 aliphatic rings. The molecule has 6 heteroatoms. The van der Waals surface area contributed by atoms with Crippen LogP contribution in [0.3, 0.4) is 0 Å². The molecule has 0 unspecified atom stereocenters. The van der Waals surface area contributed by atoms with E-state index >= 15 is 0 Å². The number of aromatic nitrogens is 2. The lowest BCUT2D eigenvalue weighted by atomic mass is 10.2. The van der Waals surface area contributed by atoms with Gasteiger partial charge in [-0.2, -0.15) is 0 Å². The summed E-state index contributed by atoms with van der Waals surface area (Å²) in [6.07, 6.45) is 0. The third-order valence-corrected chi connectivity index (χ3v) is 3.39. The van der Waals surface area contributed by atoms with E-state index in [9.17, 15) is 8.78 Å². The van der Waals surface area contributed by atoms with Crippen molar-refractivity contribution < 1.29 is 8.78 Å². The Labute approximate surface area is 122 Å². The number of rotatable bonds is 3. The number of anilines is 1. The Hall–Kier alpha value is -1.95. The minimum atomic E-state index is -0.328. The summed E-state index contributed by atoms with van der Waals surface area (Å²) in [5, 5.41) is 2.99. The van der Waals surface area contributed by atoms with Crippen LogP contribution in [0.1, 0.15) is 5.56 Å². The third kappa shape index (κ3) is 2.65. The van der Waals surface area contributed by atoms with Gasteiger partial charge in [0, 0.05) is 16.6 Å². The Balaban J connectivity index is 1.81. The van der Waals surface area contributed by atoms with E-state index in [2.05, 4.69) is 31.2 Å². The molecule has 0 bridgehead atoms. The van der Waals surface area contributed by atoms with Gasteiger partial charge in [0.25, 0.3) is 0 Å². The van der Waals surface area contributed by atoms with Gasteiger partial charge in [-0.15, -0.1) is 0 Å². The minimum Gasteiger partial charge on any atom is -0.352 e. The Morgan fingerprint density at radius 1 is 1.15 bits per heavy atom. The predicted octanol–water partition coefficient (Wildman–Crippen LogP) is 4.22. The number of nitrogens with one attached hydrogen (secondary N) is 2. The van der Waals surface area contributed by atoms with Crippen molar-refractivity contribution in [3.8, 4) is 0 Å². The highest BCUT2D eigenvalue weighted by molar-refractivity contribution is 9.10. The predicted molar refractivity (Wildman–Crippen MR) is 77.5 cm³/mol. The first-order valence-corrected chi connectivity index (χ1v) is 6.74. The molecule has 0 atom stereocenters. The smallest absolute Gasteiger partial charge is 0.201 e. The number of imidazole rings is 1. The lowest BCUT2D eigenvalue weighted by Crippen LogP contribution is -2.03. The van der Waals surface area contributed by atoms with Crippen molar-refractivity contribution in [2.45, 2.75) is 6.54 Å². The van der Waals surface area contributed by atoms with Gasteiger partial charge >= 0.3 is 0 Å². The molecule has 1 aromatic heterocycles. The minimum absolute atomic E-state index is 0.285. The zero-order valence-corrected chi connectivity index (χ0v) is 11.8. The summed E-state index contributed by atoms with van der Waals surface area (Å²) >= 11 is 3.30. The van der Waals surface area contributed by atoms with Crippen LogP contribution in [-0.2, 0) is 6.54 Å². The standard InChI is InChI=1S/C14H10BrF2N3/c15-9-1-3-11(17)8(5-9)7-18-14-19-12-4-2-10(16)6-13(12)20-14/h1-6H,7H2,(H2,18,19,20). The van der Waals surface area contributed by atoms with Gasteiger partial charge in [-0.05, 0) is 36.4 Å². The van der Waals surface area contributed by atoms with Gasteiger partial charge in [0.15, 0.2) is 0 Å². The molecular formula is C14H10BrF2N3. The summed E-state index contributed by atoms with van der Waals surface area (Å²) in [7, 11) is 0. The molecule has 0 saturated carbocycles. The molecule has 2 aromatic carbocycles. The summed E-state index contributed by atoms with van der Waals surface area (Å²) < 4.78 is 27.5. The molecule has 102 valence electrons. The van der Waals surface area contributed by atoms with Gasteiger partial charge < -0.3 is 10.3 Å². The second kappa shape index (κ2) is 5.20. The number of aromatic amines is 1. The molecular weight excluding hydrogens is 328 g/mol. The van der Waals surface area contributed by atoms with E-state index in [-0.39, 0.29) is 18.2 Å². The highest BCUT2D eigenvalue weighted by Gasteiger charge is 2.06. The number of nitrogens with zero attached hydrogens (tertiary/aromatic N) is 1. The molecule has 1 heterocycles. The third-order valence-electron chi connectivity index (χ3n) is 2.90. The van der Waals surface area contributed by atoms with Crippen molar-refractivity contribution in [2.24, 2.45) is 0 Å². The summed E-state index contributed by atoms with van der Waals surface area (Å²) in [4.78, 5) is 7.20. The molecule has 3 nitrogen and oxygen atoms in total. The van der Waals surface area contributed by atoms with Crippen LogP contribution in [-0.4, -0.2) is 9.97 Å². The number of hydrogen-bond acceptors (Lipinski definition) is 2. The molecule has 0 aliphatic heterocycles. The highest BCUT2D eigenvalue weighted by Crippen LogP contribution is 2.18. The van der Waals surface area contributed by atoms with E-state index in [1.165, 1.54) is 18.2 Å². The zero-order chi connectivity index (χ0) is 14.1. The Bertz CT molecular complexity index is 770. The topological polar surface area (TPSA) is 40.7 Å². The normalized spacial score (nSPS) is 10.9. The maximum absolute atomic E-state index is 13.6. The maximum atomic E-state index is 13.6. The molecule has 0 saturated heterocycles. The summed E-state index contributed by atoms with van der Waals surface area (Å²) in [6.45, 7) is 0.285. The van der Waals surface area contributed by atoms with Gasteiger partial charge in [0.1, 0.15) is 11.6 Å². The van der Waals surface area contributed by atoms with E-state index in [0.29, 0.717) is 22.5 Å². The monoisotopic (exact) mass is 337 g/mol. The molecule has 0 radical (unpaired) electrons. The van der Waals surface area contributed by atoms with Gasteiger partial charge in [-0.3, -0.25) is 0 Å². The fraction of sp³-hybridized carbons (Fsp3) is 0.0714. The first kappa shape index (κ1) is 13.1. The molecule has 2 N–H and O–H groups in total. The number of benzene rings is 2. The molecule has 0 spiro atoms. The largest absolute Gasteiger partial charge is 0.352 e. The average Bonchev–Trinajstić information content (AvgIpc) is 2.81. The van der Waals surface area contributed by atoms with Crippen LogP contribution in [0.25, 0.3) is 11.0 Å². The maximum Gasteiger partial charge on any atom is 0.201 e. The van der Waals surface area contributed by atoms with Gasteiger partial charge in [-0.25, -0.2) is 13.8 Å². The molecule has 0 amide bonds. The SMILES string of the molecule is Fc1ccc2nc(NCc3cc(Br)ccc3F)[nH]c2c1. The Morgan fingerprint density at radius 2 is 2.00 bits per heavy atom. The zero-order valence-electron chi connectivity index (χ0n) is 10.3. The van der Waals surface area contributed by atoms with Gasteiger partial charge in [0.2, 0.25) is 5.95 Å². The number of fused-ring (bicyclic) bond motifs is 1. The number of H-pyrrole nitrogens is 1. The number of halogens is 3. The molecule has 0 fully saturated rings. The van der Waals surface area contributed by atoms with Gasteiger partial charge in [-0.1, -0.05) is 15.9 Å². The average molecular weight is 338 g/mol. The van der Waals surface area contributed by atoms with E-state index in [4.69, 9.17) is 0 Å². The van der Waals surface area contributed by atoms with Crippen LogP contribution in [0, 0.1) is 11.6 Å². The van der Waals surface area contributed by atoms with Crippen molar-refractivity contribution in [2.75, 3.05) is 5.32 Å². The van der Waals surface area contributed by atoms with Gasteiger partial charge in [0.05, 0.1) is 11.0 Å². The van der Waals surface area contributed by atoms with E-state index in [1.807, 2.05) is 0 Å². The van der Waals surface area contributed by atoms with E-state index < -0.39 is 0 Å². The lowest BCUT2D eigenvalue weighted by Gasteiger charge is -2.05. The van der Waals surface area contributed by atoms with Crippen molar-refractivity contribution in [3.63, 3.8) is 0 Å². The van der Waals surface area contributed by atoms with E-state index in [1.54, 1.807) is 18.2 Å². The molecule has 3 rings (SSSR count). The lowest BCUT2D eigenvalue weighted by molar-refractivity contribution is 0.612. The fourth-order valence-electron chi connectivity index (χ4n) is 1.92. The Morgan fingerprint density at radius 3 is 2.85 bits per heavy atom. The first-order valence-electron chi connectivity index (χ1n) is 5.95. The van der Waals surface area contributed by atoms with Crippen LogP contribution in [0.5, 0.6) is 0 Å². The second-order valence-electron chi connectivity index (χ2n) is 4.34. The van der Waals surface area contributed by atoms with Crippen molar-refractivity contribution in [1.29, 1.82) is 0 Å². The van der Waals surface area contributed by atoms with Crippen LogP contribution >= 0.6 is 15.9 Å². The summed E-state index contributed by atoms with van der Waals surface area (Å²) in [5.41, 5.74) is 1.77. The molecule has 3 aromatic rings. The quantitative estimate of drug-likeness (QED) is 0.751. The Kier molecular flexibility index (Phi) is 3.40. The van der Waals surface area contributed by atoms with Crippen molar-refractivity contribution >= 4 is 32.9 Å². The second-order valence-corrected chi connectivity index (χ2v) is 5.25. The molecule has 0 aliphatic carbocycles.